The molecule has 0 radical (unpaired) electrons. The number of sulfone groups is 1. The first-order valence-electron chi connectivity index (χ1n) is 7.17. The summed E-state index contributed by atoms with van der Waals surface area (Å²) in [7, 11) is -2.89. The lowest BCUT2D eigenvalue weighted by Crippen LogP contribution is -2.39. The maximum atomic E-state index is 11.4. The van der Waals surface area contributed by atoms with Gasteiger partial charge in [0.2, 0.25) is 0 Å². The van der Waals surface area contributed by atoms with Crippen LogP contribution in [-0.4, -0.2) is 37.0 Å². The van der Waals surface area contributed by atoms with E-state index in [4.69, 9.17) is 0 Å². The summed E-state index contributed by atoms with van der Waals surface area (Å²) in [5, 5.41) is 12.4. The lowest BCUT2D eigenvalue weighted by atomic mass is 9.94. The van der Waals surface area contributed by atoms with Gasteiger partial charge < -0.3 is 10.4 Å². The molecule has 0 aliphatic carbocycles. The molecule has 1 atom stereocenters. The molecule has 1 aromatic rings. The zero-order valence-corrected chi connectivity index (χ0v) is 12.7. The SMILES string of the molecule is O=C(O)C(CC1CCS(=O)(=O)CC1)NCc1ccccc1. The van der Waals surface area contributed by atoms with Crippen molar-refractivity contribution in [1.29, 1.82) is 0 Å². The van der Waals surface area contributed by atoms with Crippen molar-refractivity contribution in [1.82, 2.24) is 5.32 Å². The van der Waals surface area contributed by atoms with Gasteiger partial charge in [-0.3, -0.25) is 4.79 Å². The highest BCUT2D eigenvalue weighted by Crippen LogP contribution is 2.23. The maximum absolute atomic E-state index is 11.4. The van der Waals surface area contributed by atoms with Crippen molar-refractivity contribution in [2.75, 3.05) is 11.5 Å². The van der Waals surface area contributed by atoms with E-state index in [0.717, 1.165) is 5.56 Å². The molecular formula is C15H21NO4S. The molecule has 5 nitrogen and oxygen atoms in total. The molecule has 0 bridgehead atoms. The molecule has 1 saturated heterocycles. The molecule has 1 fully saturated rings. The van der Waals surface area contributed by atoms with Crippen LogP contribution in [0.2, 0.25) is 0 Å². The molecule has 21 heavy (non-hydrogen) atoms. The molecule has 1 aliphatic rings. The quantitative estimate of drug-likeness (QED) is 0.830. The first kappa shape index (κ1) is 16.0. The molecule has 0 spiro atoms. The number of carboxylic acid groups (broad SMARTS) is 1. The average molecular weight is 311 g/mol. The van der Waals surface area contributed by atoms with Crippen molar-refractivity contribution in [2.24, 2.45) is 5.92 Å². The summed E-state index contributed by atoms with van der Waals surface area (Å²) >= 11 is 0. The fourth-order valence-corrected chi connectivity index (χ4v) is 4.21. The van der Waals surface area contributed by atoms with E-state index in [1.54, 1.807) is 0 Å². The number of carbonyl (C=O) groups is 1. The lowest BCUT2D eigenvalue weighted by molar-refractivity contribution is -0.140. The summed E-state index contributed by atoms with van der Waals surface area (Å²) in [6.07, 6.45) is 1.62. The number of hydrogen-bond donors (Lipinski definition) is 2. The Morgan fingerprint density at radius 2 is 1.86 bits per heavy atom. The summed E-state index contributed by atoms with van der Waals surface area (Å²) in [5.74, 6) is -0.344. The molecule has 1 aromatic carbocycles. The molecule has 0 amide bonds. The molecule has 1 heterocycles. The van der Waals surface area contributed by atoms with E-state index in [1.807, 2.05) is 30.3 Å². The van der Waals surface area contributed by atoms with Gasteiger partial charge in [-0.05, 0) is 30.7 Å². The second-order valence-corrected chi connectivity index (χ2v) is 7.89. The Morgan fingerprint density at radius 3 is 2.43 bits per heavy atom. The van der Waals surface area contributed by atoms with Gasteiger partial charge in [-0.1, -0.05) is 30.3 Å². The molecule has 116 valence electrons. The van der Waals surface area contributed by atoms with Crippen LogP contribution in [0.25, 0.3) is 0 Å². The van der Waals surface area contributed by atoms with E-state index in [1.165, 1.54) is 0 Å². The third-order valence-electron chi connectivity index (χ3n) is 3.94. The van der Waals surface area contributed by atoms with Crippen LogP contribution in [0.3, 0.4) is 0 Å². The lowest BCUT2D eigenvalue weighted by Gasteiger charge is -2.25. The Bertz CT molecular complexity index is 557. The fourth-order valence-electron chi connectivity index (χ4n) is 2.62. The van der Waals surface area contributed by atoms with Crippen molar-refractivity contribution in [2.45, 2.75) is 31.8 Å². The Kier molecular flexibility index (Phi) is 5.36. The third-order valence-corrected chi connectivity index (χ3v) is 5.65. The summed E-state index contributed by atoms with van der Waals surface area (Å²) in [6.45, 7) is 0.503. The van der Waals surface area contributed by atoms with Crippen LogP contribution in [0.4, 0.5) is 0 Å². The molecule has 0 saturated carbocycles. The van der Waals surface area contributed by atoms with E-state index in [9.17, 15) is 18.3 Å². The Balaban J connectivity index is 1.86. The molecule has 2 rings (SSSR count). The van der Waals surface area contributed by atoms with Crippen LogP contribution in [0, 0.1) is 5.92 Å². The minimum atomic E-state index is -2.89. The van der Waals surface area contributed by atoms with Gasteiger partial charge in [-0.2, -0.15) is 0 Å². The fraction of sp³-hybridized carbons (Fsp3) is 0.533. The van der Waals surface area contributed by atoms with Gasteiger partial charge in [0.05, 0.1) is 11.5 Å². The highest BCUT2D eigenvalue weighted by Gasteiger charge is 2.28. The largest absolute Gasteiger partial charge is 0.480 e. The summed E-state index contributed by atoms with van der Waals surface area (Å²) in [5.41, 5.74) is 1.04. The van der Waals surface area contributed by atoms with Crippen LogP contribution in [-0.2, 0) is 21.2 Å². The molecule has 1 aliphatic heterocycles. The molecule has 2 N–H and O–H groups in total. The minimum Gasteiger partial charge on any atom is -0.480 e. The van der Waals surface area contributed by atoms with Crippen LogP contribution in [0.15, 0.2) is 30.3 Å². The van der Waals surface area contributed by atoms with Crippen molar-refractivity contribution in [3.8, 4) is 0 Å². The van der Waals surface area contributed by atoms with Crippen molar-refractivity contribution in [3.63, 3.8) is 0 Å². The number of hydrogen-bond acceptors (Lipinski definition) is 4. The van der Waals surface area contributed by atoms with Gasteiger partial charge in [0, 0.05) is 6.54 Å². The maximum Gasteiger partial charge on any atom is 0.320 e. The highest BCUT2D eigenvalue weighted by molar-refractivity contribution is 7.91. The molecule has 1 unspecified atom stereocenters. The zero-order valence-electron chi connectivity index (χ0n) is 11.9. The van der Waals surface area contributed by atoms with Gasteiger partial charge in [0.15, 0.2) is 0 Å². The van der Waals surface area contributed by atoms with E-state index >= 15 is 0 Å². The van der Waals surface area contributed by atoms with Crippen LogP contribution in [0.5, 0.6) is 0 Å². The first-order chi connectivity index (χ1) is 9.96. The van der Waals surface area contributed by atoms with Crippen LogP contribution >= 0.6 is 0 Å². The predicted molar refractivity (Wildman–Crippen MR) is 80.7 cm³/mol. The summed E-state index contributed by atoms with van der Waals surface area (Å²) in [4.78, 5) is 11.3. The zero-order chi connectivity index (χ0) is 15.3. The first-order valence-corrected chi connectivity index (χ1v) is 8.99. The van der Waals surface area contributed by atoms with E-state index in [0.29, 0.717) is 25.8 Å². The molecule has 0 aromatic heterocycles. The summed E-state index contributed by atoms with van der Waals surface area (Å²) < 4.78 is 22.8. The number of carboxylic acids is 1. The Labute approximate surface area is 125 Å². The highest BCUT2D eigenvalue weighted by atomic mass is 32.2. The van der Waals surface area contributed by atoms with Crippen LogP contribution in [0.1, 0.15) is 24.8 Å². The van der Waals surface area contributed by atoms with Gasteiger partial charge in [-0.25, -0.2) is 8.42 Å². The number of benzene rings is 1. The van der Waals surface area contributed by atoms with E-state index < -0.39 is 21.8 Å². The number of nitrogens with one attached hydrogen (secondary N) is 1. The number of rotatable bonds is 6. The van der Waals surface area contributed by atoms with Crippen molar-refractivity contribution in [3.05, 3.63) is 35.9 Å². The summed E-state index contributed by atoms with van der Waals surface area (Å²) in [6, 6.07) is 9.01. The van der Waals surface area contributed by atoms with Gasteiger partial charge >= 0.3 is 5.97 Å². The predicted octanol–water partition coefficient (Wildman–Crippen LogP) is 1.44. The van der Waals surface area contributed by atoms with Gasteiger partial charge in [-0.15, -0.1) is 0 Å². The minimum absolute atomic E-state index is 0.165. The second kappa shape index (κ2) is 7.04. The molecule has 6 heteroatoms. The smallest absolute Gasteiger partial charge is 0.320 e. The van der Waals surface area contributed by atoms with Crippen molar-refractivity contribution >= 4 is 15.8 Å². The topological polar surface area (TPSA) is 83.5 Å². The Hall–Kier alpha value is -1.40. The number of aliphatic carboxylic acids is 1. The Morgan fingerprint density at radius 1 is 1.24 bits per heavy atom. The van der Waals surface area contributed by atoms with E-state index in [-0.39, 0.29) is 17.4 Å². The monoisotopic (exact) mass is 311 g/mol. The second-order valence-electron chi connectivity index (χ2n) is 5.59. The van der Waals surface area contributed by atoms with Gasteiger partial charge in [0.25, 0.3) is 0 Å². The standard InChI is InChI=1S/C15H21NO4S/c17-15(18)14(16-11-13-4-2-1-3-5-13)10-12-6-8-21(19,20)9-7-12/h1-5,12,14,16H,6-11H2,(H,17,18). The third kappa shape index (κ3) is 5.13. The normalized spacial score (nSPS) is 20.0. The van der Waals surface area contributed by atoms with Gasteiger partial charge in [0.1, 0.15) is 15.9 Å². The van der Waals surface area contributed by atoms with Crippen molar-refractivity contribution < 1.29 is 18.3 Å². The average Bonchev–Trinajstić information content (AvgIpc) is 2.46. The van der Waals surface area contributed by atoms with E-state index in [2.05, 4.69) is 5.32 Å². The van der Waals surface area contributed by atoms with Crippen LogP contribution < -0.4 is 5.32 Å². The molecular weight excluding hydrogens is 290 g/mol.